The first kappa shape index (κ1) is 27.4. The van der Waals surface area contributed by atoms with Gasteiger partial charge in [0, 0.05) is 17.0 Å². The minimum atomic E-state index is -0.509. The standard InChI is InChI=1S/C27H25ClN4O4S2/c1-4-14-32-21(15-36-20-13-9-8-12-19(20)28)30-31-27(32)37-16-22(33)29-25-24(26(34)35-3)23(17(2)38-25)18-10-6-5-7-11-18/h4-13H,1,14-16H2,2-3H3,(H,29,33). The summed E-state index contributed by atoms with van der Waals surface area (Å²) in [6, 6.07) is 16.7. The first-order valence-electron chi connectivity index (χ1n) is 11.5. The van der Waals surface area contributed by atoms with Crippen LogP contribution in [0.4, 0.5) is 5.00 Å². The van der Waals surface area contributed by atoms with Crippen LogP contribution in [0.25, 0.3) is 11.1 Å². The molecule has 0 aliphatic heterocycles. The van der Waals surface area contributed by atoms with E-state index in [1.54, 1.807) is 18.2 Å². The summed E-state index contributed by atoms with van der Waals surface area (Å²) in [5.74, 6) is 0.368. The van der Waals surface area contributed by atoms with Crippen LogP contribution >= 0.6 is 34.7 Å². The lowest BCUT2D eigenvalue weighted by Gasteiger charge is -2.10. The fourth-order valence-corrected chi connectivity index (χ4v) is 5.76. The molecular formula is C27H25ClN4O4S2. The number of amides is 1. The van der Waals surface area contributed by atoms with Crippen LogP contribution in [0.3, 0.4) is 0 Å². The van der Waals surface area contributed by atoms with Crippen LogP contribution in [0.5, 0.6) is 5.75 Å². The average molecular weight is 569 g/mol. The van der Waals surface area contributed by atoms with E-state index < -0.39 is 5.97 Å². The first-order chi connectivity index (χ1) is 18.4. The van der Waals surface area contributed by atoms with Crippen molar-refractivity contribution in [2.24, 2.45) is 0 Å². The Bertz CT molecular complexity index is 1450. The molecule has 38 heavy (non-hydrogen) atoms. The number of nitrogens with one attached hydrogen (secondary N) is 1. The number of hydrogen-bond acceptors (Lipinski definition) is 8. The summed E-state index contributed by atoms with van der Waals surface area (Å²) in [6.45, 7) is 6.30. The van der Waals surface area contributed by atoms with Crippen LogP contribution in [-0.4, -0.2) is 39.5 Å². The molecule has 4 aromatic rings. The van der Waals surface area contributed by atoms with Gasteiger partial charge in [0.05, 0.1) is 17.9 Å². The van der Waals surface area contributed by atoms with E-state index in [9.17, 15) is 9.59 Å². The molecule has 0 saturated heterocycles. The molecule has 0 aliphatic rings. The highest BCUT2D eigenvalue weighted by atomic mass is 35.5. The molecule has 2 heterocycles. The summed E-state index contributed by atoms with van der Waals surface area (Å²) in [5, 5.41) is 12.8. The van der Waals surface area contributed by atoms with E-state index in [1.165, 1.54) is 30.2 Å². The zero-order valence-electron chi connectivity index (χ0n) is 20.8. The maximum atomic E-state index is 12.9. The van der Waals surface area contributed by atoms with Crippen LogP contribution in [0.2, 0.25) is 5.02 Å². The first-order valence-corrected chi connectivity index (χ1v) is 13.7. The smallest absolute Gasteiger partial charge is 0.341 e. The van der Waals surface area contributed by atoms with Crippen LogP contribution in [0, 0.1) is 6.92 Å². The van der Waals surface area contributed by atoms with Crippen molar-refractivity contribution in [2.75, 3.05) is 18.2 Å². The topological polar surface area (TPSA) is 95.3 Å². The number of rotatable bonds is 11. The molecule has 0 spiro atoms. The van der Waals surface area contributed by atoms with E-state index in [2.05, 4.69) is 22.1 Å². The maximum Gasteiger partial charge on any atom is 0.341 e. The molecule has 0 aliphatic carbocycles. The van der Waals surface area contributed by atoms with Gasteiger partial charge < -0.3 is 14.8 Å². The number of thiophene rings is 1. The maximum absolute atomic E-state index is 12.9. The van der Waals surface area contributed by atoms with Crippen molar-refractivity contribution in [1.29, 1.82) is 0 Å². The Labute approximate surface area is 233 Å². The van der Waals surface area contributed by atoms with Crippen LogP contribution < -0.4 is 10.1 Å². The third-order valence-electron chi connectivity index (χ3n) is 5.42. The second-order valence-electron chi connectivity index (χ2n) is 7.95. The van der Waals surface area contributed by atoms with Crippen molar-refractivity contribution in [2.45, 2.75) is 25.2 Å². The summed E-state index contributed by atoms with van der Waals surface area (Å²) in [4.78, 5) is 26.5. The Hall–Kier alpha value is -3.60. The van der Waals surface area contributed by atoms with Crippen molar-refractivity contribution in [3.63, 3.8) is 0 Å². The lowest BCUT2D eigenvalue weighted by Crippen LogP contribution is -2.16. The number of ether oxygens (including phenoxy) is 2. The van der Waals surface area contributed by atoms with Gasteiger partial charge in [0.15, 0.2) is 11.0 Å². The molecule has 0 fully saturated rings. The number of hydrogen-bond donors (Lipinski definition) is 1. The Morgan fingerprint density at radius 2 is 1.89 bits per heavy atom. The monoisotopic (exact) mass is 568 g/mol. The summed E-state index contributed by atoms with van der Waals surface area (Å²) in [5.41, 5.74) is 1.97. The Morgan fingerprint density at radius 3 is 2.61 bits per heavy atom. The molecule has 11 heteroatoms. The predicted molar refractivity (Wildman–Crippen MR) is 151 cm³/mol. The summed E-state index contributed by atoms with van der Waals surface area (Å²) in [6.07, 6.45) is 1.72. The highest BCUT2D eigenvalue weighted by molar-refractivity contribution is 7.99. The second-order valence-corrected chi connectivity index (χ2v) is 10.5. The number of methoxy groups -OCH3 is 1. The largest absolute Gasteiger partial charge is 0.484 e. The Balaban J connectivity index is 1.48. The molecule has 8 nitrogen and oxygen atoms in total. The van der Waals surface area contributed by atoms with Gasteiger partial charge in [0.2, 0.25) is 5.91 Å². The number of thioether (sulfide) groups is 1. The molecule has 0 radical (unpaired) electrons. The van der Waals surface area contributed by atoms with Gasteiger partial charge in [0.1, 0.15) is 22.9 Å². The van der Waals surface area contributed by atoms with E-state index in [-0.39, 0.29) is 18.3 Å². The van der Waals surface area contributed by atoms with Crippen LogP contribution in [0.15, 0.2) is 72.4 Å². The predicted octanol–water partition coefficient (Wildman–Crippen LogP) is 6.25. The minimum absolute atomic E-state index is 0.0544. The highest BCUT2D eigenvalue weighted by Gasteiger charge is 2.25. The summed E-state index contributed by atoms with van der Waals surface area (Å²) < 4.78 is 12.7. The van der Waals surface area contributed by atoms with E-state index >= 15 is 0 Å². The minimum Gasteiger partial charge on any atom is -0.484 e. The number of esters is 1. The molecule has 4 rings (SSSR count). The number of nitrogens with zero attached hydrogens (tertiary/aromatic N) is 3. The van der Waals surface area contributed by atoms with Crippen molar-refractivity contribution < 1.29 is 19.1 Å². The van der Waals surface area contributed by atoms with Gasteiger partial charge in [-0.2, -0.15) is 0 Å². The molecule has 0 saturated carbocycles. The Kier molecular flexibility index (Phi) is 9.22. The van der Waals surface area contributed by atoms with E-state index in [1.807, 2.05) is 54.0 Å². The number of carbonyl (C=O) groups is 2. The van der Waals surface area contributed by atoms with Crippen molar-refractivity contribution in [1.82, 2.24) is 14.8 Å². The normalized spacial score (nSPS) is 10.7. The fourth-order valence-electron chi connectivity index (χ4n) is 3.72. The number of carbonyl (C=O) groups excluding carboxylic acids is 2. The van der Waals surface area contributed by atoms with E-state index in [0.29, 0.717) is 38.9 Å². The van der Waals surface area contributed by atoms with Gasteiger partial charge in [-0.3, -0.25) is 9.36 Å². The van der Waals surface area contributed by atoms with E-state index in [0.717, 1.165) is 16.0 Å². The second kappa shape index (κ2) is 12.8. The van der Waals surface area contributed by atoms with Gasteiger partial charge in [-0.1, -0.05) is 71.9 Å². The van der Waals surface area contributed by atoms with Gasteiger partial charge in [-0.25, -0.2) is 4.79 Å². The van der Waals surface area contributed by atoms with Gasteiger partial charge in [0.25, 0.3) is 0 Å². The molecule has 2 aromatic heterocycles. The number of anilines is 1. The number of para-hydroxylation sites is 1. The summed E-state index contributed by atoms with van der Waals surface area (Å²) >= 11 is 8.73. The molecule has 1 amide bonds. The molecule has 0 bridgehead atoms. The molecular weight excluding hydrogens is 544 g/mol. The van der Waals surface area contributed by atoms with Crippen LogP contribution in [-0.2, 0) is 22.7 Å². The average Bonchev–Trinajstić information content (AvgIpc) is 3.46. The van der Waals surface area contributed by atoms with Gasteiger partial charge in [-0.15, -0.1) is 28.1 Å². The number of aromatic nitrogens is 3. The molecule has 1 N–H and O–H groups in total. The molecule has 0 atom stereocenters. The number of benzene rings is 2. The number of halogens is 1. The fraction of sp³-hybridized carbons (Fsp3) is 0.185. The third kappa shape index (κ3) is 6.27. The zero-order valence-corrected chi connectivity index (χ0v) is 23.2. The van der Waals surface area contributed by atoms with Crippen LogP contribution in [0.1, 0.15) is 21.1 Å². The van der Waals surface area contributed by atoms with Gasteiger partial charge in [-0.05, 0) is 24.6 Å². The SMILES string of the molecule is C=CCn1c(COc2ccccc2Cl)nnc1SCC(=O)Nc1sc(C)c(-c2ccccc2)c1C(=O)OC. The lowest BCUT2D eigenvalue weighted by atomic mass is 10.0. The molecule has 196 valence electrons. The zero-order chi connectivity index (χ0) is 27.1. The quantitative estimate of drug-likeness (QED) is 0.130. The van der Waals surface area contributed by atoms with Gasteiger partial charge >= 0.3 is 5.97 Å². The number of aryl methyl sites for hydroxylation is 1. The van der Waals surface area contributed by atoms with Crippen molar-refractivity contribution >= 4 is 51.6 Å². The van der Waals surface area contributed by atoms with Crippen molar-refractivity contribution in [3.8, 4) is 16.9 Å². The Morgan fingerprint density at radius 1 is 1.16 bits per heavy atom. The summed E-state index contributed by atoms with van der Waals surface area (Å²) in [7, 11) is 1.32. The highest BCUT2D eigenvalue weighted by Crippen LogP contribution is 2.40. The lowest BCUT2D eigenvalue weighted by molar-refractivity contribution is -0.113. The van der Waals surface area contributed by atoms with Crippen molar-refractivity contribution in [3.05, 3.63) is 88.5 Å². The van der Waals surface area contributed by atoms with E-state index in [4.69, 9.17) is 21.1 Å². The molecule has 0 unspecified atom stereocenters. The third-order valence-corrected chi connectivity index (χ3v) is 7.72. The number of allylic oxidation sites excluding steroid dienone is 1. The molecule has 2 aromatic carbocycles.